The molecule has 2 rings (SSSR count). The van der Waals surface area contributed by atoms with Gasteiger partial charge in [-0.3, -0.25) is 9.59 Å². The van der Waals surface area contributed by atoms with Crippen LogP contribution in [0.15, 0.2) is 42.5 Å². The first-order chi connectivity index (χ1) is 19.7. The molecule has 3 amide bonds. The molecule has 0 aliphatic carbocycles. The Hall–Kier alpha value is -3.55. The first kappa shape index (κ1) is 34.7. The Morgan fingerprint density at radius 2 is 1.50 bits per heavy atom. The minimum absolute atomic E-state index is 0.107. The molecule has 0 fully saturated rings. The van der Waals surface area contributed by atoms with Crippen molar-refractivity contribution in [3.05, 3.63) is 64.7 Å². The number of unbranched alkanes of at least 4 members (excludes halogenated alkanes) is 4. The van der Waals surface area contributed by atoms with Gasteiger partial charge in [-0.1, -0.05) is 62.9 Å². The molecule has 2 unspecified atom stereocenters. The summed E-state index contributed by atoms with van der Waals surface area (Å²) < 4.78 is 5.52. The Morgan fingerprint density at radius 1 is 0.905 bits per heavy atom. The van der Waals surface area contributed by atoms with Crippen LogP contribution in [0.2, 0.25) is 0 Å². The highest BCUT2D eigenvalue weighted by Crippen LogP contribution is 2.30. The molecule has 0 saturated carbocycles. The zero-order valence-corrected chi connectivity index (χ0v) is 26.8. The highest BCUT2D eigenvalue weighted by atomic mass is 16.6. The van der Waals surface area contributed by atoms with Crippen molar-refractivity contribution in [2.75, 3.05) is 6.54 Å². The number of carbonyl (C=O) groups is 3. The summed E-state index contributed by atoms with van der Waals surface area (Å²) in [6.45, 7) is 15.5. The van der Waals surface area contributed by atoms with E-state index in [1.54, 1.807) is 49.9 Å². The summed E-state index contributed by atoms with van der Waals surface area (Å²) in [4.78, 5) is 43.1. The molecule has 0 aliphatic rings. The van der Waals surface area contributed by atoms with Crippen LogP contribution in [0.5, 0.6) is 5.75 Å². The number of alkyl carbamates (subject to hydrolysis) is 1. The number of benzene rings is 2. The molecule has 8 heteroatoms. The first-order valence-electron chi connectivity index (χ1n) is 15.2. The van der Waals surface area contributed by atoms with Crippen molar-refractivity contribution in [3.63, 3.8) is 0 Å². The number of carbonyl (C=O) groups excluding carboxylic acids is 3. The lowest BCUT2D eigenvalue weighted by Crippen LogP contribution is -2.54. The maximum Gasteiger partial charge on any atom is 0.408 e. The third-order valence-electron chi connectivity index (χ3n) is 6.96. The van der Waals surface area contributed by atoms with Crippen molar-refractivity contribution in [1.29, 1.82) is 0 Å². The quantitative estimate of drug-likeness (QED) is 0.221. The Kier molecular flexibility index (Phi) is 13.4. The van der Waals surface area contributed by atoms with E-state index in [4.69, 9.17) is 4.74 Å². The molecule has 0 aliphatic heterocycles. The van der Waals surface area contributed by atoms with Gasteiger partial charge in [-0.25, -0.2) is 4.79 Å². The fourth-order valence-corrected chi connectivity index (χ4v) is 5.02. The van der Waals surface area contributed by atoms with Gasteiger partial charge in [0, 0.05) is 19.0 Å². The lowest BCUT2D eigenvalue weighted by atomic mass is 9.92. The Morgan fingerprint density at radius 3 is 2.05 bits per heavy atom. The predicted octanol–water partition coefficient (Wildman–Crippen LogP) is 6.51. The second kappa shape index (κ2) is 16.2. The topological polar surface area (TPSA) is 108 Å². The zero-order valence-electron chi connectivity index (χ0n) is 26.8. The second-order valence-corrected chi connectivity index (χ2v) is 12.4. The van der Waals surface area contributed by atoms with Gasteiger partial charge in [0.15, 0.2) is 0 Å². The highest BCUT2D eigenvalue weighted by Gasteiger charge is 2.37. The smallest absolute Gasteiger partial charge is 0.408 e. The van der Waals surface area contributed by atoms with Crippen molar-refractivity contribution >= 4 is 17.9 Å². The minimum Gasteiger partial charge on any atom is -0.508 e. The van der Waals surface area contributed by atoms with Crippen molar-refractivity contribution < 1.29 is 24.2 Å². The van der Waals surface area contributed by atoms with Gasteiger partial charge < -0.3 is 25.4 Å². The lowest BCUT2D eigenvalue weighted by Gasteiger charge is -2.36. The van der Waals surface area contributed by atoms with Crippen molar-refractivity contribution in [3.8, 4) is 5.75 Å². The van der Waals surface area contributed by atoms with Crippen molar-refractivity contribution in [2.45, 2.75) is 118 Å². The van der Waals surface area contributed by atoms with E-state index in [0.717, 1.165) is 54.4 Å². The number of nitrogens with zero attached hydrogens (tertiary/aromatic N) is 1. The van der Waals surface area contributed by atoms with Crippen molar-refractivity contribution in [2.24, 2.45) is 0 Å². The number of hydrogen-bond donors (Lipinski definition) is 3. The van der Waals surface area contributed by atoms with Gasteiger partial charge in [0.25, 0.3) is 0 Å². The molecule has 8 nitrogen and oxygen atoms in total. The van der Waals surface area contributed by atoms with Crippen LogP contribution in [0.4, 0.5) is 4.79 Å². The molecule has 0 saturated heterocycles. The number of aromatic hydroxyl groups is 1. The van der Waals surface area contributed by atoms with E-state index in [0.29, 0.717) is 6.54 Å². The number of nitrogens with one attached hydrogen (secondary N) is 2. The van der Waals surface area contributed by atoms with E-state index >= 15 is 0 Å². The Labute approximate surface area is 252 Å². The summed E-state index contributed by atoms with van der Waals surface area (Å²) in [6, 6.07) is 10.4. The number of amides is 3. The monoisotopic (exact) mass is 581 g/mol. The molecule has 0 heterocycles. The molecule has 3 N–H and O–H groups in total. The van der Waals surface area contributed by atoms with Crippen molar-refractivity contribution in [1.82, 2.24) is 15.5 Å². The summed E-state index contributed by atoms with van der Waals surface area (Å²) >= 11 is 0. The van der Waals surface area contributed by atoms with E-state index in [1.807, 2.05) is 45.9 Å². The third kappa shape index (κ3) is 11.0. The molecule has 0 aromatic heterocycles. The normalized spacial score (nSPS) is 12.9. The molecule has 2 atom stereocenters. The zero-order chi connectivity index (χ0) is 31.4. The average molecular weight is 582 g/mol. The van der Waals surface area contributed by atoms with Gasteiger partial charge in [-0.15, -0.1) is 0 Å². The van der Waals surface area contributed by atoms with E-state index in [9.17, 15) is 19.5 Å². The number of hydrogen-bond acceptors (Lipinski definition) is 5. The lowest BCUT2D eigenvalue weighted by molar-refractivity contribution is -0.142. The number of ether oxygens (including phenoxy) is 1. The maximum absolute atomic E-state index is 14.6. The molecular weight excluding hydrogens is 530 g/mol. The van der Waals surface area contributed by atoms with Crippen LogP contribution < -0.4 is 10.6 Å². The highest BCUT2D eigenvalue weighted by molar-refractivity contribution is 5.92. The van der Waals surface area contributed by atoms with Gasteiger partial charge in [0.2, 0.25) is 11.8 Å². The number of phenols is 1. The van der Waals surface area contributed by atoms with E-state index in [1.165, 1.54) is 0 Å². The molecule has 0 radical (unpaired) electrons. The van der Waals surface area contributed by atoms with Crippen LogP contribution >= 0.6 is 0 Å². The van der Waals surface area contributed by atoms with Crippen LogP contribution in [0.25, 0.3) is 0 Å². The summed E-state index contributed by atoms with van der Waals surface area (Å²) in [5, 5.41) is 15.6. The molecule has 232 valence electrons. The van der Waals surface area contributed by atoms with Crippen LogP contribution in [-0.2, 0) is 20.7 Å². The summed E-state index contributed by atoms with van der Waals surface area (Å²) in [5.74, 6) is -0.517. The summed E-state index contributed by atoms with van der Waals surface area (Å²) in [6.07, 6.45) is 4.34. The number of rotatable bonds is 14. The van der Waals surface area contributed by atoms with Crippen LogP contribution in [0, 0.1) is 13.8 Å². The standard InChI is InChI=1S/C34H51N3O5/c1-9-10-11-12-13-21-37(30(31(39)35-23(2)3)29-24(4)15-14-16-25(29)5)32(40)28(36-33(41)42-34(6,7)8)22-26-17-19-27(38)20-18-26/h14-20,23,28,30,38H,9-13,21-22H2,1-8H3,(H,35,39)(H,36,41). The molecule has 2 aromatic carbocycles. The van der Waals surface area contributed by atoms with E-state index < -0.39 is 23.8 Å². The van der Waals surface area contributed by atoms with Crippen LogP contribution in [-0.4, -0.2) is 52.1 Å². The Balaban J connectivity index is 2.61. The molecule has 42 heavy (non-hydrogen) atoms. The summed E-state index contributed by atoms with van der Waals surface area (Å²) in [7, 11) is 0. The third-order valence-corrected chi connectivity index (χ3v) is 6.96. The minimum atomic E-state index is -1.00. The maximum atomic E-state index is 14.6. The van der Waals surface area contributed by atoms with Gasteiger partial charge in [-0.2, -0.15) is 0 Å². The second-order valence-electron chi connectivity index (χ2n) is 12.4. The fraction of sp³-hybridized carbons (Fsp3) is 0.559. The van der Waals surface area contributed by atoms with Crippen LogP contribution in [0.1, 0.15) is 102 Å². The fourth-order valence-electron chi connectivity index (χ4n) is 5.02. The van der Waals surface area contributed by atoms with Crippen LogP contribution in [0.3, 0.4) is 0 Å². The van der Waals surface area contributed by atoms with E-state index in [2.05, 4.69) is 17.6 Å². The first-order valence-corrected chi connectivity index (χ1v) is 15.2. The van der Waals surface area contributed by atoms with Gasteiger partial charge >= 0.3 is 6.09 Å². The van der Waals surface area contributed by atoms with Gasteiger partial charge in [0.05, 0.1) is 0 Å². The molecule has 0 spiro atoms. The Bertz CT molecular complexity index is 1150. The summed E-state index contributed by atoms with van der Waals surface area (Å²) in [5.41, 5.74) is 2.61. The predicted molar refractivity (Wildman–Crippen MR) is 167 cm³/mol. The molecule has 0 bridgehead atoms. The largest absolute Gasteiger partial charge is 0.508 e. The number of phenolic OH excluding ortho intramolecular Hbond substituents is 1. The molecule has 2 aromatic rings. The van der Waals surface area contributed by atoms with Gasteiger partial charge in [0.1, 0.15) is 23.4 Å². The van der Waals surface area contributed by atoms with E-state index in [-0.39, 0.29) is 30.0 Å². The molecular formula is C34H51N3O5. The SMILES string of the molecule is CCCCCCCN(C(=O)C(Cc1ccc(O)cc1)NC(=O)OC(C)(C)C)C(C(=O)NC(C)C)c1c(C)cccc1C. The average Bonchev–Trinajstić information content (AvgIpc) is 2.88. The van der Waals surface area contributed by atoms with Gasteiger partial charge in [-0.05, 0) is 89.3 Å². The number of aryl methyl sites for hydroxylation is 2.